The van der Waals surface area contributed by atoms with Crippen LogP contribution in [0.1, 0.15) is 21.5 Å². The van der Waals surface area contributed by atoms with E-state index >= 15 is 0 Å². The van der Waals surface area contributed by atoms with E-state index in [1.807, 2.05) is 34.9 Å². The Kier molecular flexibility index (Phi) is 5.52. The molecule has 0 saturated carbocycles. The topological polar surface area (TPSA) is 48.0 Å². The minimum Gasteiger partial charge on any atom is -0.366 e. The SMILES string of the molecule is NC(=O)c1cccc2c1c1ccc(-c3ccc(Cl)cc3)cc1n2Cc1ccc(F)c(C(F)(F)F)c1. The highest BCUT2D eigenvalue weighted by Gasteiger charge is 2.34. The number of nitrogens with two attached hydrogens (primary N) is 1. The van der Waals surface area contributed by atoms with Gasteiger partial charge in [-0.3, -0.25) is 4.79 Å². The fraction of sp³-hybridized carbons (Fsp3) is 0.0741. The third kappa shape index (κ3) is 4.12. The summed E-state index contributed by atoms with van der Waals surface area (Å²) < 4.78 is 55.6. The predicted octanol–water partition coefficient (Wildman–Crippen LogP) is 7.42. The number of halogens is 5. The Morgan fingerprint density at radius 3 is 2.29 bits per heavy atom. The van der Waals surface area contributed by atoms with Gasteiger partial charge in [-0.2, -0.15) is 13.2 Å². The zero-order valence-corrected chi connectivity index (χ0v) is 18.8. The minimum atomic E-state index is -4.82. The van der Waals surface area contributed by atoms with Gasteiger partial charge in [0.05, 0.1) is 16.6 Å². The lowest BCUT2D eigenvalue weighted by atomic mass is 10.0. The Balaban J connectivity index is 1.76. The van der Waals surface area contributed by atoms with Crippen LogP contribution in [0.15, 0.2) is 78.9 Å². The first kappa shape index (κ1) is 22.9. The van der Waals surface area contributed by atoms with Gasteiger partial charge < -0.3 is 10.3 Å². The maximum atomic E-state index is 13.9. The van der Waals surface area contributed by atoms with Crippen molar-refractivity contribution in [1.29, 1.82) is 0 Å². The van der Waals surface area contributed by atoms with Crippen LogP contribution in [0.2, 0.25) is 5.02 Å². The number of amides is 1. The van der Waals surface area contributed by atoms with Gasteiger partial charge in [0.15, 0.2) is 0 Å². The largest absolute Gasteiger partial charge is 0.419 e. The smallest absolute Gasteiger partial charge is 0.366 e. The third-order valence-electron chi connectivity index (χ3n) is 6.01. The summed E-state index contributed by atoms with van der Waals surface area (Å²) in [5.41, 5.74) is 7.94. The van der Waals surface area contributed by atoms with Crippen molar-refractivity contribution >= 4 is 39.3 Å². The summed E-state index contributed by atoms with van der Waals surface area (Å²) in [5, 5.41) is 1.92. The molecule has 8 heteroatoms. The van der Waals surface area contributed by atoms with Crippen molar-refractivity contribution < 1.29 is 22.4 Å². The van der Waals surface area contributed by atoms with E-state index in [2.05, 4.69) is 0 Å². The fourth-order valence-corrected chi connectivity index (χ4v) is 4.54. The van der Waals surface area contributed by atoms with Crippen molar-refractivity contribution in [3.63, 3.8) is 0 Å². The number of carbonyl (C=O) groups is 1. The van der Waals surface area contributed by atoms with E-state index in [0.717, 1.165) is 28.6 Å². The lowest BCUT2D eigenvalue weighted by molar-refractivity contribution is -0.140. The number of primary amides is 1. The van der Waals surface area contributed by atoms with E-state index < -0.39 is 23.5 Å². The van der Waals surface area contributed by atoms with Crippen LogP contribution in [0.4, 0.5) is 17.6 Å². The van der Waals surface area contributed by atoms with E-state index in [1.165, 1.54) is 6.07 Å². The van der Waals surface area contributed by atoms with Crippen LogP contribution in [0.5, 0.6) is 0 Å². The normalized spacial score (nSPS) is 11.9. The standard InChI is InChI=1S/C27H17ClF4N2O/c28-18-8-5-16(6-9-18)17-7-10-19-24(13-17)34(23-3-1-2-20(25(19)23)26(33)35)14-15-4-11-22(29)21(12-15)27(30,31)32/h1-13H,14H2,(H2,33,35). The highest BCUT2D eigenvalue weighted by atomic mass is 35.5. The number of benzene rings is 4. The molecule has 1 aromatic heterocycles. The van der Waals surface area contributed by atoms with E-state index in [-0.39, 0.29) is 12.1 Å². The van der Waals surface area contributed by atoms with Crippen LogP contribution in [0.3, 0.4) is 0 Å². The molecule has 176 valence electrons. The lowest BCUT2D eigenvalue weighted by Crippen LogP contribution is -2.11. The van der Waals surface area contributed by atoms with Crippen LogP contribution in [-0.4, -0.2) is 10.5 Å². The van der Waals surface area contributed by atoms with Gasteiger partial charge in [0.2, 0.25) is 5.91 Å². The molecule has 0 unspecified atom stereocenters. The van der Waals surface area contributed by atoms with Gasteiger partial charge in [0.25, 0.3) is 0 Å². The zero-order chi connectivity index (χ0) is 24.9. The van der Waals surface area contributed by atoms with E-state index in [1.54, 1.807) is 30.3 Å². The number of hydrogen-bond donors (Lipinski definition) is 1. The Hall–Kier alpha value is -3.84. The summed E-state index contributed by atoms with van der Waals surface area (Å²) in [5.74, 6) is -1.94. The van der Waals surface area contributed by atoms with Crippen LogP contribution in [0.25, 0.3) is 32.9 Å². The molecule has 0 aliphatic rings. The number of aromatic nitrogens is 1. The molecule has 5 rings (SSSR count). The number of alkyl halides is 3. The first-order valence-corrected chi connectivity index (χ1v) is 11.0. The number of nitrogens with zero attached hydrogens (tertiary/aromatic N) is 1. The maximum absolute atomic E-state index is 13.9. The number of fused-ring (bicyclic) bond motifs is 3. The molecule has 35 heavy (non-hydrogen) atoms. The van der Waals surface area contributed by atoms with E-state index in [9.17, 15) is 22.4 Å². The number of carbonyl (C=O) groups excluding carboxylic acids is 1. The van der Waals surface area contributed by atoms with Crippen molar-refractivity contribution in [2.24, 2.45) is 5.73 Å². The van der Waals surface area contributed by atoms with Crippen molar-refractivity contribution in [1.82, 2.24) is 4.57 Å². The minimum absolute atomic E-state index is 0.0235. The summed E-state index contributed by atoms with van der Waals surface area (Å²) >= 11 is 6.01. The second kappa shape index (κ2) is 8.43. The molecular weight excluding hydrogens is 480 g/mol. The highest BCUT2D eigenvalue weighted by molar-refractivity contribution is 6.30. The lowest BCUT2D eigenvalue weighted by Gasteiger charge is -2.13. The van der Waals surface area contributed by atoms with Crippen molar-refractivity contribution in [3.8, 4) is 11.1 Å². The van der Waals surface area contributed by atoms with Gasteiger partial charge >= 0.3 is 6.18 Å². The molecule has 0 radical (unpaired) electrons. The molecule has 0 spiro atoms. The van der Waals surface area contributed by atoms with E-state index in [0.29, 0.717) is 27.0 Å². The summed E-state index contributed by atoms with van der Waals surface area (Å²) in [6.07, 6.45) is -4.82. The summed E-state index contributed by atoms with van der Waals surface area (Å²) in [4.78, 5) is 12.2. The third-order valence-corrected chi connectivity index (χ3v) is 6.26. The molecular formula is C27H17ClF4N2O. The zero-order valence-electron chi connectivity index (χ0n) is 18.0. The Labute approximate surface area is 202 Å². The Morgan fingerprint density at radius 1 is 0.886 bits per heavy atom. The molecule has 4 aromatic carbocycles. The molecule has 1 amide bonds. The highest BCUT2D eigenvalue weighted by Crippen LogP contribution is 2.36. The monoisotopic (exact) mass is 496 g/mol. The summed E-state index contributed by atoms with van der Waals surface area (Å²) in [6, 6.07) is 20.9. The van der Waals surface area contributed by atoms with Gasteiger partial charge in [-0.15, -0.1) is 0 Å². The van der Waals surface area contributed by atoms with Crippen LogP contribution in [0, 0.1) is 5.82 Å². The van der Waals surface area contributed by atoms with Crippen LogP contribution in [-0.2, 0) is 12.7 Å². The van der Waals surface area contributed by atoms with Gasteiger partial charge in [-0.05, 0) is 59.2 Å². The van der Waals surface area contributed by atoms with E-state index in [4.69, 9.17) is 17.3 Å². The Morgan fingerprint density at radius 2 is 1.60 bits per heavy atom. The van der Waals surface area contributed by atoms with Crippen LogP contribution >= 0.6 is 11.6 Å². The molecule has 2 N–H and O–H groups in total. The van der Waals surface area contributed by atoms with Gasteiger partial charge in [0.1, 0.15) is 5.82 Å². The summed E-state index contributed by atoms with van der Waals surface area (Å²) in [7, 11) is 0. The fourth-order valence-electron chi connectivity index (χ4n) is 4.41. The first-order valence-electron chi connectivity index (χ1n) is 10.6. The summed E-state index contributed by atoms with van der Waals surface area (Å²) in [6.45, 7) is 0.0235. The molecule has 0 bridgehead atoms. The van der Waals surface area contributed by atoms with Gasteiger partial charge in [0, 0.05) is 27.9 Å². The molecule has 3 nitrogen and oxygen atoms in total. The number of hydrogen-bond acceptors (Lipinski definition) is 1. The molecule has 5 aromatic rings. The van der Waals surface area contributed by atoms with Crippen molar-refractivity contribution in [3.05, 3.63) is 106 Å². The predicted molar refractivity (Wildman–Crippen MR) is 129 cm³/mol. The molecule has 1 heterocycles. The van der Waals surface area contributed by atoms with Crippen molar-refractivity contribution in [2.45, 2.75) is 12.7 Å². The maximum Gasteiger partial charge on any atom is 0.419 e. The molecule has 0 atom stereocenters. The molecule has 0 aliphatic heterocycles. The molecule has 0 aliphatic carbocycles. The first-order chi connectivity index (χ1) is 16.6. The van der Waals surface area contributed by atoms with Crippen molar-refractivity contribution in [2.75, 3.05) is 0 Å². The second-order valence-corrected chi connectivity index (χ2v) is 8.64. The second-order valence-electron chi connectivity index (χ2n) is 8.20. The quantitative estimate of drug-likeness (QED) is 0.259. The molecule has 0 saturated heterocycles. The average Bonchev–Trinajstić information content (AvgIpc) is 3.13. The average molecular weight is 497 g/mol. The molecule has 0 fully saturated rings. The number of rotatable bonds is 4. The Bertz CT molecular complexity index is 1600. The van der Waals surface area contributed by atoms with Gasteiger partial charge in [-0.1, -0.05) is 48.0 Å². The van der Waals surface area contributed by atoms with Crippen LogP contribution < -0.4 is 5.73 Å². The van der Waals surface area contributed by atoms with Gasteiger partial charge in [-0.25, -0.2) is 4.39 Å².